The maximum Gasteiger partial charge on any atom is 0.232 e. The Labute approximate surface area is 151 Å². The van der Waals surface area contributed by atoms with Gasteiger partial charge in [0.2, 0.25) is 10.0 Å². The molecule has 0 saturated carbocycles. The number of anilines is 1. The number of rotatable bonds is 6. The highest BCUT2D eigenvalue weighted by Gasteiger charge is 2.17. The average Bonchev–Trinajstić information content (AvgIpc) is 2.48. The minimum absolute atomic E-state index is 0.397. The number of hydrogen-bond donors (Lipinski definition) is 0. The molecule has 124 valence electrons. The minimum Gasteiger partial charge on any atom is -0.380 e. The van der Waals surface area contributed by atoms with E-state index in [1.54, 1.807) is 7.11 Å². The molecule has 0 fully saturated rings. The maximum atomic E-state index is 11.9. The Morgan fingerprint density at radius 2 is 1.78 bits per heavy atom. The van der Waals surface area contributed by atoms with Crippen LogP contribution in [-0.2, 0) is 21.4 Å². The lowest BCUT2D eigenvalue weighted by atomic mass is 9.99. The quantitative estimate of drug-likeness (QED) is 0.634. The maximum absolute atomic E-state index is 11.9. The first-order valence-corrected chi connectivity index (χ1v) is 10.1. The molecule has 2 aromatic rings. The molecule has 0 unspecified atom stereocenters. The second-order valence-corrected chi connectivity index (χ2v) is 8.36. The largest absolute Gasteiger partial charge is 0.380 e. The fourth-order valence-corrected chi connectivity index (χ4v) is 3.85. The lowest BCUT2D eigenvalue weighted by Crippen LogP contribution is -2.29. The molecule has 0 bridgehead atoms. The molecule has 4 nitrogen and oxygen atoms in total. The Morgan fingerprint density at radius 3 is 2.30 bits per heavy atom. The summed E-state index contributed by atoms with van der Waals surface area (Å²) in [6.45, 7) is 2.65. The lowest BCUT2D eigenvalue weighted by Gasteiger charge is -2.22. The van der Waals surface area contributed by atoms with E-state index in [4.69, 9.17) is 4.74 Å². The van der Waals surface area contributed by atoms with Crippen LogP contribution in [0.1, 0.15) is 12.5 Å². The summed E-state index contributed by atoms with van der Waals surface area (Å²) in [5, 5.41) is 0. The highest BCUT2D eigenvalue weighted by atomic mass is 127. The summed E-state index contributed by atoms with van der Waals surface area (Å²) >= 11 is 2.27. The van der Waals surface area contributed by atoms with Crippen molar-refractivity contribution in [2.75, 3.05) is 24.2 Å². The molecule has 2 aromatic carbocycles. The van der Waals surface area contributed by atoms with Gasteiger partial charge in [0.15, 0.2) is 0 Å². The number of benzene rings is 2. The number of nitrogens with zero attached hydrogens (tertiary/aromatic N) is 1. The Morgan fingerprint density at radius 1 is 1.13 bits per heavy atom. The third-order valence-electron chi connectivity index (χ3n) is 3.52. The molecular formula is C17H20INO3S. The molecule has 0 heterocycles. The molecule has 2 rings (SSSR count). The Kier molecular flexibility index (Phi) is 6.05. The number of halogens is 1. The first kappa shape index (κ1) is 18.2. The van der Waals surface area contributed by atoms with E-state index in [1.807, 2.05) is 25.1 Å². The summed E-state index contributed by atoms with van der Waals surface area (Å²) in [5.41, 5.74) is 3.77. The second-order valence-electron chi connectivity index (χ2n) is 5.21. The summed E-state index contributed by atoms with van der Waals surface area (Å²) in [4.78, 5) is 0. The van der Waals surface area contributed by atoms with Crippen molar-refractivity contribution >= 4 is 38.3 Å². The predicted molar refractivity (Wildman–Crippen MR) is 103 cm³/mol. The van der Waals surface area contributed by atoms with Crippen LogP contribution in [0.2, 0.25) is 0 Å². The van der Waals surface area contributed by atoms with Crippen molar-refractivity contribution in [2.45, 2.75) is 13.5 Å². The van der Waals surface area contributed by atoms with Crippen LogP contribution in [0.5, 0.6) is 0 Å². The molecule has 0 amide bonds. The van der Waals surface area contributed by atoms with Crippen LogP contribution in [0.15, 0.2) is 42.5 Å². The minimum atomic E-state index is -3.29. The van der Waals surface area contributed by atoms with Crippen molar-refractivity contribution < 1.29 is 13.2 Å². The molecule has 0 saturated heterocycles. The summed E-state index contributed by atoms with van der Waals surface area (Å²) in [6.07, 6.45) is 1.22. The number of sulfonamides is 1. The molecule has 0 aromatic heterocycles. The first-order chi connectivity index (χ1) is 10.9. The molecule has 0 aliphatic heterocycles. The van der Waals surface area contributed by atoms with Gasteiger partial charge < -0.3 is 4.74 Å². The van der Waals surface area contributed by atoms with Crippen molar-refractivity contribution in [1.82, 2.24) is 0 Å². The molecule has 6 heteroatoms. The van der Waals surface area contributed by atoms with Crippen LogP contribution in [-0.4, -0.2) is 28.3 Å². The van der Waals surface area contributed by atoms with E-state index in [0.29, 0.717) is 18.8 Å². The van der Waals surface area contributed by atoms with E-state index in [1.165, 1.54) is 14.1 Å². The summed E-state index contributed by atoms with van der Waals surface area (Å²) < 4.78 is 31.7. The molecule has 0 aliphatic carbocycles. The predicted octanol–water partition coefficient (Wildman–Crippen LogP) is 3.89. The van der Waals surface area contributed by atoms with Gasteiger partial charge in [0, 0.05) is 17.2 Å². The molecule has 23 heavy (non-hydrogen) atoms. The van der Waals surface area contributed by atoms with E-state index in [-0.39, 0.29) is 0 Å². The van der Waals surface area contributed by atoms with Gasteiger partial charge in [0.25, 0.3) is 0 Å². The average molecular weight is 445 g/mol. The van der Waals surface area contributed by atoms with E-state index < -0.39 is 10.0 Å². The van der Waals surface area contributed by atoms with Gasteiger partial charge in [-0.3, -0.25) is 4.31 Å². The van der Waals surface area contributed by atoms with Crippen molar-refractivity contribution in [2.24, 2.45) is 0 Å². The topological polar surface area (TPSA) is 46.6 Å². The SMILES string of the molecule is CCN(c1ccc(-c2ccc(I)cc2)c(COC)c1)S(C)(=O)=O. The number of ether oxygens (including phenoxy) is 1. The van der Waals surface area contributed by atoms with Gasteiger partial charge in [-0.15, -0.1) is 0 Å². The highest BCUT2D eigenvalue weighted by Crippen LogP contribution is 2.30. The van der Waals surface area contributed by atoms with E-state index in [9.17, 15) is 8.42 Å². The lowest BCUT2D eigenvalue weighted by molar-refractivity contribution is 0.185. The second kappa shape index (κ2) is 7.63. The van der Waals surface area contributed by atoms with Gasteiger partial charge in [0.1, 0.15) is 0 Å². The molecule has 0 atom stereocenters. The van der Waals surface area contributed by atoms with Crippen LogP contribution in [0, 0.1) is 3.57 Å². The molecule has 0 spiro atoms. The van der Waals surface area contributed by atoms with E-state index in [0.717, 1.165) is 16.7 Å². The van der Waals surface area contributed by atoms with Crippen LogP contribution in [0.3, 0.4) is 0 Å². The van der Waals surface area contributed by atoms with Crippen LogP contribution in [0.4, 0.5) is 5.69 Å². The standard InChI is InChI=1S/C17H20INO3S/c1-4-19(23(3,20)21)16-9-10-17(14(11-16)12-22-2)13-5-7-15(18)8-6-13/h5-11H,4,12H2,1-3H3. The van der Waals surface area contributed by atoms with Crippen molar-refractivity contribution in [3.05, 3.63) is 51.6 Å². The highest BCUT2D eigenvalue weighted by molar-refractivity contribution is 14.1. The fraction of sp³-hybridized carbons (Fsp3) is 0.294. The van der Waals surface area contributed by atoms with Gasteiger partial charge >= 0.3 is 0 Å². The van der Waals surface area contributed by atoms with Crippen LogP contribution < -0.4 is 4.31 Å². The molecule has 0 N–H and O–H groups in total. The van der Waals surface area contributed by atoms with Crippen molar-refractivity contribution in [1.29, 1.82) is 0 Å². The first-order valence-electron chi connectivity index (χ1n) is 7.22. The van der Waals surface area contributed by atoms with Gasteiger partial charge in [-0.1, -0.05) is 18.2 Å². The van der Waals surface area contributed by atoms with Gasteiger partial charge in [-0.2, -0.15) is 0 Å². The summed E-state index contributed by atoms with van der Waals surface area (Å²) in [5.74, 6) is 0. The zero-order valence-corrected chi connectivity index (χ0v) is 16.4. The third-order valence-corrected chi connectivity index (χ3v) is 5.51. The zero-order valence-electron chi connectivity index (χ0n) is 13.4. The summed E-state index contributed by atoms with van der Waals surface area (Å²) in [7, 11) is -1.65. The normalized spacial score (nSPS) is 11.5. The number of methoxy groups -OCH3 is 1. The van der Waals surface area contributed by atoms with Gasteiger partial charge in [-0.05, 0) is 70.5 Å². The smallest absolute Gasteiger partial charge is 0.232 e. The summed E-state index contributed by atoms with van der Waals surface area (Å²) in [6, 6.07) is 13.9. The third kappa shape index (κ3) is 4.45. The molecule has 0 radical (unpaired) electrons. The number of hydrogen-bond acceptors (Lipinski definition) is 3. The molecule has 0 aliphatic rings. The Balaban J connectivity index is 2.52. The van der Waals surface area contributed by atoms with Crippen molar-refractivity contribution in [3.63, 3.8) is 0 Å². The monoisotopic (exact) mass is 445 g/mol. The van der Waals surface area contributed by atoms with E-state index >= 15 is 0 Å². The zero-order chi connectivity index (χ0) is 17.0. The van der Waals surface area contributed by atoms with Gasteiger partial charge in [-0.25, -0.2) is 8.42 Å². The Bertz CT molecular complexity index is 773. The van der Waals surface area contributed by atoms with Gasteiger partial charge in [0.05, 0.1) is 18.6 Å². The van der Waals surface area contributed by atoms with Crippen molar-refractivity contribution in [3.8, 4) is 11.1 Å². The Hall–Kier alpha value is -1.12. The fourth-order valence-electron chi connectivity index (χ4n) is 2.53. The van der Waals surface area contributed by atoms with Crippen LogP contribution in [0.25, 0.3) is 11.1 Å². The van der Waals surface area contributed by atoms with E-state index in [2.05, 4.69) is 46.9 Å². The van der Waals surface area contributed by atoms with Crippen LogP contribution >= 0.6 is 22.6 Å². The molecular weight excluding hydrogens is 425 g/mol.